The molecule has 0 aromatic heterocycles. The minimum Gasteiger partial charge on any atom is -0.373 e. The van der Waals surface area contributed by atoms with E-state index in [1.165, 1.54) is 5.56 Å². The zero-order chi connectivity index (χ0) is 16.1. The molecule has 4 heteroatoms. The molecular formula is C18H28N2O2. The molecule has 0 bridgehead atoms. The number of nitrogens with zero attached hydrogens (tertiary/aromatic N) is 1. The van der Waals surface area contributed by atoms with Crippen molar-refractivity contribution in [1.29, 1.82) is 0 Å². The Balaban J connectivity index is 1.86. The van der Waals surface area contributed by atoms with Crippen molar-refractivity contribution in [1.82, 2.24) is 4.90 Å². The quantitative estimate of drug-likeness (QED) is 0.908. The third-order valence-electron chi connectivity index (χ3n) is 4.24. The zero-order valence-corrected chi connectivity index (χ0v) is 14.1. The molecule has 0 spiro atoms. The number of carbonyl (C=O) groups is 1. The first-order valence-corrected chi connectivity index (χ1v) is 8.25. The Morgan fingerprint density at radius 3 is 2.41 bits per heavy atom. The van der Waals surface area contributed by atoms with Gasteiger partial charge in [0.1, 0.15) is 0 Å². The summed E-state index contributed by atoms with van der Waals surface area (Å²) in [5, 5.41) is 2.98. The Morgan fingerprint density at radius 2 is 1.86 bits per heavy atom. The molecule has 0 unspecified atom stereocenters. The Kier molecular flexibility index (Phi) is 5.98. The number of anilines is 1. The predicted octanol–water partition coefficient (Wildman–Crippen LogP) is 3.25. The normalized spacial score (nSPS) is 24.0. The van der Waals surface area contributed by atoms with Gasteiger partial charge in [0.15, 0.2) is 0 Å². The molecular weight excluding hydrogens is 276 g/mol. The van der Waals surface area contributed by atoms with Gasteiger partial charge in [-0.05, 0) is 43.9 Å². The minimum absolute atomic E-state index is 0.0394. The maximum absolute atomic E-state index is 12.2. The summed E-state index contributed by atoms with van der Waals surface area (Å²) in [4.78, 5) is 14.3. The lowest BCUT2D eigenvalue weighted by Crippen LogP contribution is -2.48. The van der Waals surface area contributed by atoms with Crippen molar-refractivity contribution in [2.75, 3.05) is 25.0 Å². The third-order valence-corrected chi connectivity index (χ3v) is 4.24. The summed E-state index contributed by atoms with van der Waals surface area (Å²) >= 11 is 0. The number of hydrogen-bond acceptors (Lipinski definition) is 3. The maximum Gasteiger partial charge on any atom is 0.238 e. The molecule has 1 fully saturated rings. The summed E-state index contributed by atoms with van der Waals surface area (Å²) < 4.78 is 5.69. The molecule has 1 aromatic rings. The molecule has 0 aliphatic carbocycles. The van der Waals surface area contributed by atoms with Crippen molar-refractivity contribution < 1.29 is 9.53 Å². The highest BCUT2D eigenvalue weighted by molar-refractivity contribution is 5.92. The fraction of sp³-hybridized carbons (Fsp3) is 0.611. The first-order chi connectivity index (χ1) is 10.5. The van der Waals surface area contributed by atoms with Gasteiger partial charge in [-0.25, -0.2) is 0 Å². The van der Waals surface area contributed by atoms with E-state index in [2.05, 4.69) is 36.2 Å². The van der Waals surface area contributed by atoms with E-state index >= 15 is 0 Å². The smallest absolute Gasteiger partial charge is 0.238 e. The van der Waals surface area contributed by atoms with Gasteiger partial charge in [-0.1, -0.05) is 26.0 Å². The maximum atomic E-state index is 12.2. The lowest BCUT2D eigenvalue weighted by atomic mass is 9.99. The van der Waals surface area contributed by atoms with Crippen LogP contribution in [0.25, 0.3) is 0 Å². The Morgan fingerprint density at radius 1 is 1.27 bits per heavy atom. The fourth-order valence-corrected chi connectivity index (χ4v) is 2.95. The third kappa shape index (κ3) is 4.82. The Hall–Kier alpha value is -1.39. The number of nitrogens with one attached hydrogen (secondary N) is 1. The molecule has 4 nitrogen and oxygen atoms in total. The van der Waals surface area contributed by atoms with Crippen molar-refractivity contribution in [2.24, 2.45) is 0 Å². The van der Waals surface area contributed by atoms with Crippen LogP contribution in [0.2, 0.25) is 0 Å². The van der Waals surface area contributed by atoms with E-state index in [1.54, 1.807) is 0 Å². The lowest BCUT2D eigenvalue weighted by molar-refractivity contribution is -0.121. The molecule has 1 saturated heterocycles. The molecule has 1 aromatic carbocycles. The van der Waals surface area contributed by atoms with E-state index in [0.717, 1.165) is 25.2 Å². The standard InChI is InChI=1S/C18H28N2O2/c1-5-13(2)16-6-8-17(9-7-16)19-18(21)12-20-10-14(3)22-15(4)11-20/h6-9,13-15H,5,10-12H2,1-4H3,(H,19,21)/t13-,14-,15+/m1/s1. The second-order valence-corrected chi connectivity index (χ2v) is 6.43. The van der Waals surface area contributed by atoms with Crippen molar-refractivity contribution in [3.05, 3.63) is 29.8 Å². The van der Waals surface area contributed by atoms with Crippen LogP contribution in [0.1, 0.15) is 45.6 Å². The van der Waals surface area contributed by atoms with Crippen LogP contribution in [0.3, 0.4) is 0 Å². The van der Waals surface area contributed by atoms with Crippen molar-refractivity contribution >= 4 is 11.6 Å². The van der Waals surface area contributed by atoms with Crippen LogP contribution >= 0.6 is 0 Å². The van der Waals surface area contributed by atoms with Crippen LogP contribution in [0.15, 0.2) is 24.3 Å². The first-order valence-electron chi connectivity index (χ1n) is 8.25. The molecule has 0 radical (unpaired) electrons. The number of amides is 1. The van der Waals surface area contributed by atoms with Crippen LogP contribution in [0.4, 0.5) is 5.69 Å². The van der Waals surface area contributed by atoms with E-state index < -0.39 is 0 Å². The number of ether oxygens (including phenoxy) is 1. The van der Waals surface area contributed by atoms with Gasteiger partial charge in [0.2, 0.25) is 5.91 Å². The van der Waals surface area contributed by atoms with Crippen molar-refractivity contribution in [3.8, 4) is 0 Å². The molecule has 1 amide bonds. The molecule has 1 heterocycles. The van der Waals surface area contributed by atoms with Gasteiger partial charge < -0.3 is 10.1 Å². The second-order valence-electron chi connectivity index (χ2n) is 6.43. The van der Waals surface area contributed by atoms with Crippen molar-refractivity contribution in [2.45, 2.75) is 52.2 Å². The van der Waals surface area contributed by atoms with E-state index in [1.807, 2.05) is 26.0 Å². The summed E-state index contributed by atoms with van der Waals surface area (Å²) in [6.45, 7) is 10.5. The molecule has 2 rings (SSSR count). The van der Waals surface area contributed by atoms with Gasteiger partial charge in [-0.2, -0.15) is 0 Å². The van der Waals surface area contributed by atoms with Crippen LogP contribution in [-0.2, 0) is 9.53 Å². The van der Waals surface area contributed by atoms with Crippen LogP contribution in [0, 0.1) is 0 Å². The van der Waals surface area contributed by atoms with Gasteiger partial charge in [-0.15, -0.1) is 0 Å². The van der Waals surface area contributed by atoms with E-state index in [9.17, 15) is 4.79 Å². The predicted molar refractivity (Wildman–Crippen MR) is 90.2 cm³/mol. The average molecular weight is 304 g/mol. The number of rotatable bonds is 5. The highest BCUT2D eigenvalue weighted by Crippen LogP contribution is 2.20. The summed E-state index contributed by atoms with van der Waals surface area (Å²) in [6.07, 6.45) is 1.50. The van der Waals surface area contributed by atoms with E-state index in [4.69, 9.17) is 4.74 Å². The number of morpholine rings is 1. The molecule has 1 aliphatic heterocycles. The SMILES string of the molecule is CC[C@@H](C)c1ccc(NC(=O)CN2C[C@@H](C)O[C@@H](C)C2)cc1. The fourth-order valence-electron chi connectivity index (χ4n) is 2.95. The van der Waals surface area contributed by atoms with Gasteiger partial charge in [0.05, 0.1) is 18.8 Å². The molecule has 0 saturated carbocycles. The molecule has 22 heavy (non-hydrogen) atoms. The van der Waals surface area contributed by atoms with Crippen LogP contribution in [-0.4, -0.2) is 42.6 Å². The van der Waals surface area contributed by atoms with E-state index in [0.29, 0.717) is 12.5 Å². The lowest BCUT2D eigenvalue weighted by Gasteiger charge is -2.34. The largest absolute Gasteiger partial charge is 0.373 e. The van der Waals surface area contributed by atoms with Gasteiger partial charge >= 0.3 is 0 Å². The molecule has 3 atom stereocenters. The summed E-state index contributed by atoms with van der Waals surface area (Å²) in [6, 6.07) is 8.18. The van der Waals surface area contributed by atoms with Gasteiger partial charge in [0.25, 0.3) is 0 Å². The van der Waals surface area contributed by atoms with Gasteiger partial charge in [0, 0.05) is 18.8 Å². The number of hydrogen-bond donors (Lipinski definition) is 1. The summed E-state index contributed by atoms with van der Waals surface area (Å²) in [5.74, 6) is 0.596. The van der Waals surface area contributed by atoms with Crippen LogP contribution in [0.5, 0.6) is 0 Å². The molecule has 1 N–H and O–H groups in total. The van der Waals surface area contributed by atoms with E-state index in [-0.39, 0.29) is 18.1 Å². The number of benzene rings is 1. The monoisotopic (exact) mass is 304 g/mol. The Bertz CT molecular complexity index is 476. The van der Waals surface area contributed by atoms with Crippen molar-refractivity contribution in [3.63, 3.8) is 0 Å². The number of carbonyl (C=O) groups excluding carboxylic acids is 1. The second kappa shape index (κ2) is 7.75. The average Bonchev–Trinajstić information content (AvgIpc) is 2.46. The summed E-state index contributed by atoms with van der Waals surface area (Å²) in [5.41, 5.74) is 2.18. The molecule has 1 aliphatic rings. The van der Waals surface area contributed by atoms with Crippen LogP contribution < -0.4 is 5.32 Å². The highest BCUT2D eigenvalue weighted by atomic mass is 16.5. The van der Waals surface area contributed by atoms with Gasteiger partial charge in [-0.3, -0.25) is 9.69 Å². The Labute approximate surface area is 133 Å². The summed E-state index contributed by atoms with van der Waals surface area (Å²) in [7, 11) is 0. The zero-order valence-electron chi connectivity index (χ0n) is 14.1. The molecule has 122 valence electrons. The first kappa shape index (κ1) is 17.0. The minimum atomic E-state index is 0.0394. The highest BCUT2D eigenvalue weighted by Gasteiger charge is 2.23. The topological polar surface area (TPSA) is 41.6 Å².